The van der Waals surface area contributed by atoms with Gasteiger partial charge in [-0.3, -0.25) is 4.79 Å². The number of likely N-dealkylation sites (tertiary alicyclic amines) is 1. The lowest BCUT2D eigenvalue weighted by Crippen LogP contribution is -2.40. The van der Waals surface area contributed by atoms with E-state index in [4.69, 9.17) is 5.11 Å². The summed E-state index contributed by atoms with van der Waals surface area (Å²) in [6.45, 7) is 1.22. The number of carboxylic acids is 1. The molecule has 112 valence electrons. The molecular formula is C16H20N2O3. The standard InChI is InChI=1S/C16H20N2O3/c19-15(20)8-11-6-7-18(10-11)16(21)17-14-9-13(14)12-4-2-1-3-5-12/h1-5,11,13-14H,6-10H2,(H,17,21)(H,19,20). The third-order valence-corrected chi connectivity index (χ3v) is 4.36. The SMILES string of the molecule is O=C(O)CC1CCN(C(=O)NC2CC2c2ccccc2)C1. The van der Waals surface area contributed by atoms with Crippen molar-refractivity contribution in [3.8, 4) is 0 Å². The van der Waals surface area contributed by atoms with E-state index < -0.39 is 5.97 Å². The number of carbonyl (C=O) groups excluding carboxylic acids is 1. The second kappa shape index (κ2) is 5.76. The van der Waals surface area contributed by atoms with Crippen molar-refractivity contribution in [3.63, 3.8) is 0 Å². The van der Waals surface area contributed by atoms with E-state index in [-0.39, 0.29) is 24.4 Å². The van der Waals surface area contributed by atoms with Crippen LogP contribution >= 0.6 is 0 Å². The van der Waals surface area contributed by atoms with Gasteiger partial charge in [0.05, 0.1) is 0 Å². The van der Waals surface area contributed by atoms with Crippen molar-refractivity contribution in [2.45, 2.75) is 31.2 Å². The second-order valence-corrected chi connectivity index (χ2v) is 6.01. The Hall–Kier alpha value is -2.04. The molecule has 2 N–H and O–H groups in total. The molecule has 5 heteroatoms. The Labute approximate surface area is 123 Å². The first-order chi connectivity index (χ1) is 10.1. The average molecular weight is 288 g/mol. The Balaban J connectivity index is 1.47. The van der Waals surface area contributed by atoms with E-state index in [1.165, 1.54) is 5.56 Å². The first kappa shape index (κ1) is 13.9. The molecule has 0 spiro atoms. The predicted molar refractivity (Wildman–Crippen MR) is 78.1 cm³/mol. The van der Waals surface area contributed by atoms with Gasteiger partial charge in [0, 0.05) is 31.5 Å². The van der Waals surface area contributed by atoms with Crippen LogP contribution in [0, 0.1) is 5.92 Å². The fourth-order valence-electron chi connectivity index (χ4n) is 3.10. The van der Waals surface area contributed by atoms with Gasteiger partial charge >= 0.3 is 12.0 Å². The van der Waals surface area contributed by atoms with Gasteiger partial charge in [-0.1, -0.05) is 30.3 Å². The maximum Gasteiger partial charge on any atom is 0.317 e. The van der Waals surface area contributed by atoms with Gasteiger partial charge in [0.25, 0.3) is 0 Å². The van der Waals surface area contributed by atoms with Crippen LogP contribution in [0.3, 0.4) is 0 Å². The molecule has 0 bridgehead atoms. The molecule has 2 aliphatic rings. The van der Waals surface area contributed by atoms with Gasteiger partial charge in [-0.2, -0.15) is 0 Å². The summed E-state index contributed by atoms with van der Waals surface area (Å²) >= 11 is 0. The lowest BCUT2D eigenvalue weighted by atomic mass is 10.1. The van der Waals surface area contributed by atoms with Crippen LogP contribution in [0.25, 0.3) is 0 Å². The third kappa shape index (κ3) is 3.35. The van der Waals surface area contributed by atoms with Gasteiger partial charge < -0.3 is 15.3 Å². The molecular weight excluding hydrogens is 268 g/mol. The van der Waals surface area contributed by atoms with E-state index in [0.29, 0.717) is 19.0 Å². The van der Waals surface area contributed by atoms with Crippen LogP contribution in [-0.4, -0.2) is 41.1 Å². The zero-order valence-corrected chi connectivity index (χ0v) is 11.9. The predicted octanol–water partition coefficient (Wildman–Crippen LogP) is 2.05. The minimum Gasteiger partial charge on any atom is -0.481 e. The Morgan fingerprint density at radius 1 is 1.29 bits per heavy atom. The summed E-state index contributed by atoms with van der Waals surface area (Å²) in [6.07, 6.45) is 1.93. The third-order valence-electron chi connectivity index (χ3n) is 4.36. The van der Waals surface area contributed by atoms with Crippen molar-refractivity contribution >= 4 is 12.0 Å². The topological polar surface area (TPSA) is 69.6 Å². The lowest BCUT2D eigenvalue weighted by Gasteiger charge is -2.17. The molecule has 3 atom stereocenters. The second-order valence-electron chi connectivity index (χ2n) is 6.01. The first-order valence-electron chi connectivity index (χ1n) is 7.45. The number of nitrogens with one attached hydrogen (secondary N) is 1. The fraction of sp³-hybridized carbons (Fsp3) is 0.500. The van der Waals surface area contributed by atoms with E-state index in [0.717, 1.165) is 12.8 Å². The van der Waals surface area contributed by atoms with Crippen LogP contribution in [-0.2, 0) is 4.79 Å². The van der Waals surface area contributed by atoms with Crippen LogP contribution in [0.4, 0.5) is 4.79 Å². The number of hydrogen-bond donors (Lipinski definition) is 2. The Bertz CT molecular complexity index is 532. The fourth-order valence-corrected chi connectivity index (χ4v) is 3.10. The zero-order valence-electron chi connectivity index (χ0n) is 11.9. The summed E-state index contributed by atoms with van der Waals surface area (Å²) in [5.41, 5.74) is 1.27. The highest BCUT2D eigenvalue weighted by Crippen LogP contribution is 2.40. The quantitative estimate of drug-likeness (QED) is 0.891. The van der Waals surface area contributed by atoms with E-state index in [1.54, 1.807) is 4.90 Å². The highest BCUT2D eigenvalue weighted by molar-refractivity contribution is 5.75. The lowest BCUT2D eigenvalue weighted by molar-refractivity contribution is -0.138. The van der Waals surface area contributed by atoms with E-state index in [1.807, 2.05) is 18.2 Å². The maximum atomic E-state index is 12.2. The van der Waals surface area contributed by atoms with Gasteiger partial charge in [-0.05, 0) is 24.3 Å². The van der Waals surface area contributed by atoms with Gasteiger partial charge in [-0.25, -0.2) is 4.79 Å². The summed E-state index contributed by atoms with van der Waals surface area (Å²) in [5, 5.41) is 11.9. The number of benzene rings is 1. The van der Waals surface area contributed by atoms with Crippen LogP contribution in [0.5, 0.6) is 0 Å². The van der Waals surface area contributed by atoms with Gasteiger partial charge in [0.2, 0.25) is 0 Å². The molecule has 2 fully saturated rings. The molecule has 0 radical (unpaired) electrons. The van der Waals surface area contributed by atoms with Crippen molar-refractivity contribution in [2.24, 2.45) is 5.92 Å². The Kier molecular flexibility index (Phi) is 3.82. The smallest absolute Gasteiger partial charge is 0.317 e. The number of carbonyl (C=O) groups is 2. The van der Waals surface area contributed by atoms with Gasteiger partial charge in [0.1, 0.15) is 0 Å². The molecule has 3 rings (SSSR count). The van der Waals surface area contributed by atoms with Crippen LogP contribution in [0.2, 0.25) is 0 Å². The number of amides is 2. The average Bonchev–Trinajstić information content (AvgIpc) is 3.07. The number of rotatable bonds is 4. The molecule has 21 heavy (non-hydrogen) atoms. The van der Waals surface area contributed by atoms with Gasteiger partial charge in [-0.15, -0.1) is 0 Å². The molecule has 0 aromatic heterocycles. The van der Waals surface area contributed by atoms with E-state index in [9.17, 15) is 9.59 Å². The summed E-state index contributed by atoms with van der Waals surface area (Å²) in [7, 11) is 0. The number of nitrogens with zero attached hydrogens (tertiary/aromatic N) is 1. The molecule has 1 aromatic rings. The summed E-state index contributed by atoms with van der Waals surface area (Å²) in [4.78, 5) is 24.6. The number of carboxylic acid groups (broad SMARTS) is 1. The van der Waals surface area contributed by atoms with Crippen molar-refractivity contribution in [2.75, 3.05) is 13.1 Å². The maximum absolute atomic E-state index is 12.2. The number of hydrogen-bond acceptors (Lipinski definition) is 2. The first-order valence-corrected chi connectivity index (χ1v) is 7.45. The zero-order chi connectivity index (χ0) is 14.8. The molecule has 2 amide bonds. The van der Waals surface area contributed by atoms with Crippen molar-refractivity contribution in [3.05, 3.63) is 35.9 Å². The number of aliphatic carboxylic acids is 1. The monoisotopic (exact) mass is 288 g/mol. The summed E-state index contributed by atoms with van der Waals surface area (Å²) < 4.78 is 0. The highest BCUT2D eigenvalue weighted by atomic mass is 16.4. The molecule has 1 aliphatic heterocycles. The van der Waals surface area contributed by atoms with Crippen LogP contribution < -0.4 is 5.32 Å². The molecule has 1 aliphatic carbocycles. The van der Waals surface area contributed by atoms with E-state index in [2.05, 4.69) is 17.4 Å². The Morgan fingerprint density at radius 3 is 2.76 bits per heavy atom. The van der Waals surface area contributed by atoms with Gasteiger partial charge in [0.15, 0.2) is 0 Å². The molecule has 5 nitrogen and oxygen atoms in total. The van der Waals surface area contributed by atoms with E-state index >= 15 is 0 Å². The molecule has 1 aromatic carbocycles. The molecule has 3 unspecified atom stereocenters. The normalized spacial score (nSPS) is 27.4. The summed E-state index contributed by atoms with van der Waals surface area (Å²) in [5.74, 6) is -0.265. The largest absolute Gasteiger partial charge is 0.481 e. The molecule has 1 saturated carbocycles. The molecule has 1 heterocycles. The minimum absolute atomic E-state index is 0.0497. The van der Waals surface area contributed by atoms with Crippen LogP contribution in [0.1, 0.15) is 30.7 Å². The number of urea groups is 1. The molecule has 1 saturated heterocycles. The Morgan fingerprint density at radius 2 is 2.05 bits per heavy atom. The minimum atomic E-state index is -0.784. The van der Waals surface area contributed by atoms with Crippen molar-refractivity contribution in [1.82, 2.24) is 10.2 Å². The van der Waals surface area contributed by atoms with Crippen LogP contribution in [0.15, 0.2) is 30.3 Å². The van der Waals surface area contributed by atoms with Crippen molar-refractivity contribution < 1.29 is 14.7 Å². The van der Waals surface area contributed by atoms with Crippen molar-refractivity contribution in [1.29, 1.82) is 0 Å². The highest BCUT2D eigenvalue weighted by Gasteiger charge is 2.40. The summed E-state index contributed by atoms with van der Waals surface area (Å²) in [6, 6.07) is 10.4.